The van der Waals surface area contributed by atoms with E-state index in [-0.39, 0.29) is 6.04 Å². The van der Waals surface area contributed by atoms with Gasteiger partial charge < -0.3 is 24.9 Å². The van der Waals surface area contributed by atoms with Gasteiger partial charge in [-0.2, -0.15) is 0 Å². The van der Waals surface area contributed by atoms with Crippen LogP contribution in [0.25, 0.3) is 0 Å². The zero-order valence-electron chi connectivity index (χ0n) is 18.7. The zero-order valence-corrected chi connectivity index (χ0v) is 18.7. The summed E-state index contributed by atoms with van der Waals surface area (Å²) >= 11 is 0. The molecule has 168 valence electrons. The summed E-state index contributed by atoms with van der Waals surface area (Å²) in [5.41, 5.74) is 3.47. The molecule has 1 aromatic heterocycles. The van der Waals surface area contributed by atoms with Gasteiger partial charge in [-0.1, -0.05) is 24.3 Å². The zero-order chi connectivity index (χ0) is 22.1. The van der Waals surface area contributed by atoms with E-state index in [1.165, 1.54) is 24.0 Å². The number of aliphatic hydroxyl groups is 1. The molecule has 2 aromatic rings. The molecule has 6 nitrogen and oxygen atoms in total. The second-order valence-corrected chi connectivity index (χ2v) is 8.38. The van der Waals surface area contributed by atoms with E-state index in [9.17, 15) is 9.90 Å². The average molecular weight is 426 g/mol. The van der Waals surface area contributed by atoms with Crippen molar-refractivity contribution in [2.45, 2.75) is 44.2 Å². The lowest BCUT2D eigenvalue weighted by Gasteiger charge is -2.27. The van der Waals surface area contributed by atoms with Gasteiger partial charge in [0.15, 0.2) is 0 Å². The van der Waals surface area contributed by atoms with Gasteiger partial charge in [0.25, 0.3) is 0 Å². The van der Waals surface area contributed by atoms with Crippen LogP contribution >= 0.6 is 0 Å². The number of aliphatic hydroxyl groups excluding tert-OH is 1. The van der Waals surface area contributed by atoms with Crippen LogP contribution in [0.1, 0.15) is 42.2 Å². The van der Waals surface area contributed by atoms with Crippen LogP contribution < -0.4 is 10.1 Å². The van der Waals surface area contributed by atoms with Crippen molar-refractivity contribution >= 4 is 6.29 Å². The molecule has 2 unspecified atom stereocenters. The minimum atomic E-state index is -0.665. The summed E-state index contributed by atoms with van der Waals surface area (Å²) in [6.45, 7) is 3.06. The number of carbonyl (C=O) groups is 1. The average Bonchev–Trinajstić information content (AvgIpc) is 3.47. The maximum atomic E-state index is 10.5. The number of methoxy groups -OCH3 is 1. The molecule has 2 N–H and O–H groups in total. The second-order valence-electron chi connectivity index (χ2n) is 8.38. The van der Waals surface area contributed by atoms with Crippen LogP contribution in [0.15, 0.2) is 42.6 Å². The van der Waals surface area contributed by atoms with Crippen molar-refractivity contribution < 1.29 is 14.6 Å². The number of ether oxygens (including phenoxy) is 1. The molecule has 0 bridgehead atoms. The summed E-state index contributed by atoms with van der Waals surface area (Å²) < 4.78 is 5.27. The lowest BCUT2D eigenvalue weighted by atomic mass is 10.0. The Kier molecular flexibility index (Phi) is 9.00. The Morgan fingerprint density at radius 1 is 1.19 bits per heavy atom. The first kappa shape index (κ1) is 23.4. The standard InChI is InChI=1S/C14H23N3O2.C11H12O/c1-15-11(10-17-8-3-4-9-17)14(18)13-12(19-2)6-5-7-16-13;12-6-5-9-7-10-3-1-2-4-11(10)8-9/h5-7,11,14-15,18H,3-4,8-10H2,1-2H3;1-4,6,9H,5,7-8H2. The highest BCUT2D eigenvalue weighted by Crippen LogP contribution is 2.28. The number of hydrogen-bond acceptors (Lipinski definition) is 6. The second kappa shape index (κ2) is 11.9. The van der Waals surface area contributed by atoms with E-state index in [0.29, 0.717) is 23.8 Å². The van der Waals surface area contributed by atoms with Gasteiger partial charge in [-0.05, 0) is 75.0 Å². The lowest BCUT2D eigenvalue weighted by Crippen LogP contribution is -2.42. The fourth-order valence-corrected chi connectivity index (χ4v) is 4.53. The van der Waals surface area contributed by atoms with Crippen LogP contribution in [0.2, 0.25) is 0 Å². The predicted molar refractivity (Wildman–Crippen MR) is 122 cm³/mol. The highest BCUT2D eigenvalue weighted by Gasteiger charge is 2.26. The molecule has 1 aliphatic carbocycles. The van der Waals surface area contributed by atoms with Crippen LogP contribution in [-0.4, -0.2) is 61.1 Å². The molecular formula is C25H35N3O3. The predicted octanol–water partition coefficient (Wildman–Crippen LogP) is 2.80. The molecule has 4 rings (SSSR count). The van der Waals surface area contributed by atoms with Gasteiger partial charge in [0.05, 0.1) is 13.2 Å². The first-order valence-electron chi connectivity index (χ1n) is 11.2. The quantitative estimate of drug-likeness (QED) is 0.634. The molecular weight excluding hydrogens is 390 g/mol. The minimum absolute atomic E-state index is 0.0399. The van der Waals surface area contributed by atoms with Crippen molar-refractivity contribution in [3.63, 3.8) is 0 Å². The van der Waals surface area contributed by atoms with Crippen LogP contribution in [0.4, 0.5) is 0 Å². The molecule has 0 amide bonds. The Morgan fingerprint density at radius 2 is 1.87 bits per heavy atom. The van der Waals surface area contributed by atoms with Gasteiger partial charge in [-0.25, -0.2) is 0 Å². The summed E-state index contributed by atoms with van der Waals surface area (Å²) in [6, 6.07) is 12.1. The van der Waals surface area contributed by atoms with Crippen molar-refractivity contribution in [3.8, 4) is 5.75 Å². The van der Waals surface area contributed by atoms with E-state index in [1.807, 2.05) is 19.2 Å². The molecule has 0 spiro atoms. The van der Waals surface area contributed by atoms with Gasteiger partial charge in [0.2, 0.25) is 0 Å². The summed E-state index contributed by atoms with van der Waals surface area (Å²) in [6.07, 6.45) is 7.46. The van der Waals surface area contributed by atoms with Gasteiger partial charge in [-0.3, -0.25) is 4.98 Å². The monoisotopic (exact) mass is 425 g/mol. The van der Waals surface area contributed by atoms with Crippen molar-refractivity contribution in [2.75, 3.05) is 33.8 Å². The number of pyridine rings is 1. The fourth-order valence-electron chi connectivity index (χ4n) is 4.53. The third-order valence-electron chi connectivity index (χ3n) is 6.27. The molecule has 0 saturated carbocycles. The van der Waals surface area contributed by atoms with Gasteiger partial charge in [0.1, 0.15) is 23.8 Å². The van der Waals surface area contributed by atoms with E-state index in [4.69, 9.17) is 4.74 Å². The molecule has 31 heavy (non-hydrogen) atoms. The Hall–Kier alpha value is -2.28. The number of likely N-dealkylation sites (tertiary alicyclic amines) is 1. The van der Waals surface area contributed by atoms with Crippen LogP contribution in [0.5, 0.6) is 5.75 Å². The number of benzene rings is 1. The summed E-state index contributed by atoms with van der Waals surface area (Å²) in [7, 11) is 3.47. The van der Waals surface area contributed by atoms with Crippen LogP contribution in [0.3, 0.4) is 0 Å². The lowest BCUT2D eigenvalue weighted by molar-refractivity contribution is -0.108. The number of aromatic nitrogens is 1. The summed E-state index contributed by atoms with van der Waals surface area (Å²) in [5, 5.41) is 13.7. The highest BCUT2D eigenvalue weighted by molar-refractivity contribution is 5.51. The van der Waals surface area contributed by atoms with Gasteiger partial charge >= 0.3 is 0 Å². The highest BCUT2D eigenvalue weighted by atomic mass is 16.5. The Morgan fingerprint density at radius 3 is 2.45 bits per heavy atom. The van der Waals surface area contributed by atoms with Crippen molar-refractivity contribution in [2.24, 2.45) is 5.92 Å². The minimum Gasteiger partial charge on any atom is -0.495 e. The first-order valence-corrected chi connectivity index (χ1v) is 11.2. The fraction of sp³-hybridized carbons (Fsp3) is 0.520. The van der Waals surface area contributed by atoms with Gasteiger partial charge in [-0.15, -0.1) is 0 Å². The van der Waals surface area contributed by atoms with E-state index >= 15 is 0 Å². The Labute approximate surface area is 185 Å². The van der Waals surface area contributed by atoms with Crippen LogP contribution in [0, 0.1) is 5.92 Å². The smallest absolute Gasteiger partial charge is 0.143 e. The Bertz CT molecular complexity index is 798. The van der Waals surface area contributed by atoms with Crippen molar-refractivity contribution in [1.29, 1.82) is 0 Å². The molecule has 2 heterocycles. The van der Waals surface area contributed by atoms with E-state index < -0.39 is 6.10 Å². The number of rotatable bonds is 8. The number of nitrogens with zero attached hydrogens (tertiary/aromatic N) is 2. The van der Waals surface area contributed by atoms with Gasteiger partial charge in [0, 0.05) is 19.2 Å². The number of nitrogens with one attached hydrogen (secondary N) is 1. The third kappa shape index (κ3) is 6.35. The largest absolute Gasteiger partial charge is 0.495 e. The van der Waals surface area contributed by atoms with Crippen LogP contribution in [-0.2, 0) is 17.6 Å². The molecule has 6 heteroatoms. The maximum Gasteiger partial charge on any atom is 0.143 e. The summed E-state index contributed by atoms with van der Waals surface area (Å²) in [4.78, 5) is 16.9. The van der Waals surface area contributed by atoms with Crippen molar-refractivity contribution in [3.05, 3.63) is 59.4 Å². The molecule has 1 saturated heterocycles. The molecule has 2 aliphatic rings. The number of likely N-dealkylation sites (N-methyl/N-ethyl adjacent to an activating group) is 1. The normalized spacial score (nSPS) is 18.0. The molecule has 1 fully saturated rings. The molecule has 0 radical (unpaired) electrons. The maximum absolute atomic E-state index is 10.5. The third-order valence-corrected chi connectivity index (χ3v) is 6.27. The first-order chi connectivity index (χ1) is 15.2. The number of carbonyl (C=O) groups excluding carboxylic acids is 1. The number of fused-ring (bicyclic) bond motifs is 1. The summed E-state index contributed by atoms with van der Waals surface area (Å²) in [5.74, 6) is 1.21. The number of aldehydes is 1. The molecule has 2 atom stereocenters. The topological polar surface area (TPSA) is 74.7 Å². The van der Waals surface area contributed by atoms with Crippen molar-refractivity contribution in [1.82, 2.24) is 15.2 Å². The van der Waals surface area contributed by atoms with E-state index in [0.717, 1.165) is 38.8 Å². The van der Waals surface area contributed by atoms with E-state index in [2.05, 4.69) is 39.5 Å². The SMILES string of the molecule is CNC(CN1CCCC1)C(O)c1ncccc1OC.O=CCC1Cc2ccccc2C1. The Balaban J connectivity index is 0.000000194. The molecule has 1 aliphatic heterocycles. The number of hydrogen-bond donors (Lipinski definition) is 2. The molecule has 1 aromatic carbocycles. The van der Waals surface area contributed by atoms with E-state index in [1.54, 1.807) is 13.3 Å².